The Morgan fingerprint density at radius 1 is 1.43 bits per heavy atom. The summed E-state index contributed by atoms with van der Waals surface area (Å²) >= 11 is 7.62. The minimum absolute atomic E-state index is 0.829. The molecular weight excluding hydrogens is 329 g/mol. The summed E-state index contributed by atoms with van der Waals surface area (Å²) in [5, 5.41) is 1.25. The molecule has 0 saturated carbocycles. The summed E-state index contributed by atoms with van der Waals surface area (Å²) in [4.78, 5) is 0. The van der Waals surface area contributed by atoms with E-state index in [0.29, 0.717) is 0 Å². The van der Waals surface area contributed by atoms with E-state index in [-0.39, 0.29) is 0 Å². The molecule has 0 spiro atoms. The first kappa shape index (κ1) is 8.99. The van der Waals surface area contributed by atoms with Gasteiger partial charge in [0.2, 0.25) is 0 Å². The average Bonchev–Trinajstić information content (AvgIpc) is 1.61. The van der Waals surface area contributed by atoms with Gasteiger partial charge in [-0.05, 0) is 0 Å². The molecule has 0 amide bonds. The fraction of sp³-hybridized carbons (Fsp3) is 1.00. The van der Waals surface area contributed by atoms with Crippen LogP contribution in [0.1, 0.15) is 12.8 Å². The minimum atomic E-state index is 0.829. The van der Waals surface area contributed by atoms with Crippen LogP contribution in [0.15, 0.2) is 0 Å². The van der Waals surface area contributed by atoms with Crippen LogP contribution >= 0.6 is 45.2 Å². The molecule has 0 aromatic rings. The van der Waals surface area contributed by atoms with Crippen LogP contribution in [-0.4, -0.2) is 18.2 Å². The van der Waals surface area contributed by atoms with Gasteiger partial charge in [0.05, 0.1) is 0 Å². The molecule has 0 unspecified atom stereocenters. The van der Waals surface area contributed by atoms with E-state index in [1.54, 1.807) is 0 Å². The molecular formula is C4H7AlI2+2. The summed E-state index contributed by atoms with van der Waals surface area (Å²) in [6.45, 7) is 0. The van der Waals surface area contributed by atoms with Gasteiger partial charge in [0.25, 0.3) is 0 Å². The van der Waals surface area contributed by atoms with Crippen molar-refractivity contribution in [2.24, 2.45) is 0 Å². The molecule has 0 aliphatic carbocycles. The zero-order valence-electron chi connectivity index (χ0n) is 4.03. The van der Waals surface area contributed by atoms with Crippen LogP contribution in [-0.2, 0) is 0 Å². The molecule has 0 atom stereocenters. The molecule has 3 heteroatoms. The predicted molar refractivity (Wildman–Crippen MR) is 51.6 cm³/mol. The Kier molecular flexibility index (Phi) is 7.86. The number of hydrogen-bond donors (Lipinski definition) is 0. The van der Waals surface area contributed by atoms with Crippen LogP contribution in [0.5, 0.6) is 0 Å². The number of halogens is 2. The van der Waals surface area contributed by atoms with Gasteiger partial charge < -0.3 is 0 Å². The molecule has 0 N–H and O–H groups in total. The summed E-state index contributed by atoms with van der Waals surface area (Å²) in [7, 11) is 0. The van der Waals surface area contributed by atoms with Crippen molar-refractivity contribution in [2.75, 3.05) is 0 Å². The molecule has 0 heterocycles. The zero-order valence-corrected chi connectivity index (χ0v) is 9.50. The van der Waals surface area contributed by atoms with Crippen molar-refractivity contribution in [3.63, 3.8) is 0 Å². The average molecular weight is 336 g/mol. The molecule has 7 heavy (non-hydrogen) atoms. The van der Waals surface area contributed by atoms with Crippen LogP contribution in [0.2, 0.25) is 5.28 Å². The fourth-order valence-corrected chi connectivity index (χ4v) is 1.39. The number of rotatable bonds is 3. The molecule has 0 rings (SSSR count). The van der Waals surface area contributed by atoms with Gasteiger partial charge >= 0.3 is 81.5 Å². The first-order chi connectivity index (χ1) is 3.27. The standard InChI is InChI=1S/C4H7I2.Al/c1-2-3-4(5)6;/h4H,1-3H2;/q;+2. The second-order valence-corrected chi connectivity index (χ2v) is 7.29. The summed E-state index contributed by atoms with van der Waals surface area (Å²) in [6, 6.07) is 0. The molecule has 0 aliphatic heterocycles. The van der Waals surface area contributed by atoms with Crippen molar-refractivity contribution in [1.29, 1.82) is 0 Å². The van der Waals surface area contributed by atoms with Gasteiger partial charge in [-0.25, -0.2) is 0 Å². The Hall–Kier alpha value is 1.99. The van der Waals surface area contributed by atoms with Gasteiger partial charge in [-0.2, -0.15) is 0 Å². The summed E-state index contributed by atoms with van der Waals surface area (Å²) < 4.78 is 0.829. The van der Waals surface area contributed by atoms with Gasteiger partial charge in [0, 0.05) is 0 Å². The van der Waals surface area contributed by atoms with Crippen molar-refractivity contribution >= 4 is 61.5 Å². The van der Waals surface area contributed by atoms with Gasteiger partial charge in [-0.1, -0.05) is 0 Å². The third-order valence-electron chi connectivity index (χ3n) is 0.626. The van der Waals surface area contributed by atoms with Crippen LogP contribution in [0, 0.1) is 0 Å². The third kappa shape index (κ3) is 7.99. The van der Waals surface area contributed by atoms with Crippen LogP contribution in [0.3, 0.4) is 0 Å². The Balaban J connectivity index is 2.68. The molecule has 0 aromatic carbocycles. The van der Waals surface area contributed by atoms with Gasteiger partial charge in [-0.15, -0.1) is 0 Å². The number of hydrogen-bond acceptors (Lipinski definition) is 0. The third-order valence-corrected chi connectivity index (χ3v) is 2.28. The Morgan fingerprint density at radius 2 is 2.00 bits per heavy atom. The Morgan fingerprint density at radius 3 is 2.14 bits per heavy atom. The quantitative estimate of drug-likeness (QED) is 0.422. The topological polar surface area (TPSA) is 0 Å². The van der Waals surface area contributed by atoms with E-state index in [9.17, 15) is 0 Å². The first-order valence-corrected chi connectivity index (χ1v) is 5.56. The van der Waals surface area contributed by atoms with Gasteiger partial charge in [-0.3, -0.25) is 0 Å². The molecule has 0 radical (unpaired) electrons. The zero-order chi connectivity index (χ0) is 5.70. The SMILES string of the molecule is [Al+2][CH2]CCC(I)I. The molecule has 38 valence electrons. The van der Waals surface area contributed by atoms with E-state index in [1.807, 2.05) is 0 Å². The van der Waals surface area contributed by atoms with Crippen molar-refractivity contribution < 1.29 is 0 Å². The van der Waals surface area contributed by atoms with E-state index in [1.165, 1.54) is 18.1 Å². The molecule has 0 nitrogen and oxygen atoms in total. The monoisotopic (exact) mass is 336 g/mol. The van der Waals surface area contributed by atoms with E-state index >= 15 is 0 Å². The molecule has 0 saturated heterocycles. The van der Waals surface area contributed by atoms with Crippen molar-refractivity contribution in [1.82, 2.24) is 0 Å². The Bertz CT molecular complexity index is 38.7. The molecule has 0 fully saturated rings. The van der Waals surface area contributed by atoms with Gasteiger partial charge in [0.1, 0.15) is 0 Å². The molecule has 0 aromatic heterocycles. The van der Waals surface area contributed by atoms with E-state index < -0.39 is 0 Å². The predicted octanol–water partition coefficient (Wildman–Crippen LogP) is 2.55. The fourth-order valence-electron chi connectivity index (χ4n) is 0.272. The second kappa shape index (κ2) is 6.12. The van der Waals surface area contributed by atoms with Crippen LogP contribution in [0.4, 0.5) is 0 Å². The van der Waals surface area contributed by atoms with Crippen molar-refractivity contribution in [3.8, 4) is 0 Å². The van der Waals surface area contributed by atoms with Crippen molar-refractivity contribution in [2.45, 2.75) is 20.1 Å². The summed E-state index contributed by atoms with van der Waals surface area (Å²) in [5.74, 6) is 0. The molecule has 0 aliphatic rings. The van der Waals surface area contributed by atoms with Crippen LogP contribution < -0.4 is 0 Å². The number of alkyl halides is 2. The maximum absolute atomic E-state index is 2.74. The second-order valence-electron chi connectivity index (χ2n) is 1.32. The summed E-state index contributed by atoms with van der Waals surface area (Å²) in [5.41, 5.74) is 0. The van der Waals surface area contributed by atoms with E-state index in [2.05, 4.69) is 61.5 Å². The van der Waals surface area contributed by atoms with E-state index in [4.69, 9.17) is 0 Å². The first-order valence-electron chi connectivity index (χ1n) is 2.25. The van der Waals surface area contributed by atoms with E-state index in [0.717, 1.165) is 1.93 Å². The normalized spacial score (nSPS) is 10.4. The van der Waals surface area contributed by atoms with Crippen LogP contribution in [0.25, 0.3) is 0 Å². The van der Waals surface area contributed by atoms with Gasteiger partial charge in [0.15, 0.2) is 0 Å². The molecule has 0 bridgehead atoms. The van der Waals surface area contributed by atoms with Crippen molar-refractivity contribution in [3.05, 3.63) is 0 Å². The maximum atomic E-state index is 2.74. The summed E-state index contributed by atoms with van der Waals surface area (Å²) in [6.07, 6.45) is 2.70. The Labute approximate surface area is 80.5 Å².